The molecule has 19 heavy (non-hydrogen) atoms. The minimum atomic E-state index is 0.310. The zero-order valence-electron chi connectivity index (χ0n) is 11.8. The van der Waals surface area contributed by atoms with Crippen LogP contribution < -0.4 is 4.80 Å². The van der Waals surface area contributed by atoms with Gasteiger partial charge in [0.15, 0.2) is 0 Å². The van der Waals surface area contributed by atoms with Crippen molar-refractivity contribution in [1.29, 1.82) is 0 Å². The van der Waals surface area contributed by atoms with Gasteiger partial charge in [-0.25, -0.2) is 4.68 Å². The van der Waals surface area contributed by atoms with Gasteiger partial charge in [0.25, 0.3) is 0 Å². The number of aromatic nitrogens is 1. The molecule has 1 saturated carbocycles. The highest BCUT2D eigenvalue weighted by Gasteiger charge is 2.34. The Morgan fingerprint density at radius 2 is 2.21 bits per heavy atom. The maximum atomic E-state index is 4.69. The van der Waals surface area contributed by atoms with Crippen LogP contribution in [-0.2, 0) is 0 Å². The molecule has 1 aromatic heterocycles. The summed E-state index contributed by atoms with van der Waals surface area (Å²) in [5.74, 6) is 2.14. The molecule has 102 valence electrons. The first-order valence-corrected chi connectivity index (χ1v) is 7.95. The second-order valence-corrected chi connectivity index (χ2v) is 6.74. The van der Waals surface area contributed by atoms with Crippen LogP contribution in [0, 0.1) is 24.7 Å². The number of nitrogens with zero attached hydrogens (tertiary/aromatic N) is 3. The van der Waals surface area contributed by atoms with Crippen molar-refractivity contribution < 1.29 is 0 Å². The summed E-state index contributed by atoms with van der Waals surface area (Å²) in [4.78, 5) is 5.63. The van der Waals surface area contributed by atoms with E-state index < -0.39 is 0 Å². The Morgan fingerprint density at radius 1 is 1.37 bits per heavy atom. The zero-order valence-corrected chi connectivity index (χ0v) is 12.6. The molecule has 1 fully saturated rings. The Balaban J connectivity index is 1.83. The molecule has 0 aliphatic heterocycles. The summed E-state index contributed by atoms with van der Waals surface area (Å²) < 4.78 is 1.99. The van der Waals surface area contributed by atoms with Crippen molar-refractivity contribution in [2.24, 2.45) is 27.8 Å². The molecule has 0 radical (unpaired) electrons. The second-order valence-electron chi connectivity index (χ2n) is 5.90. The van der Waals surface area contributed by atoms with Crippen molar-refractivity contribution in [3.8, 4) is 0 Å². The Hall–Kier alpha value is -1.16. The highest BCUT2D eigenvalue weighted by Crippen LogP contribution is 2.42. The summed E-state index contributed by atoms with van der Waals surface area (Å²) in [6.07, 6.45) is 9.48. The van der Waals surface area contributed by atoms with Gasteiger partial charge in [-0.05, 0) is 45.4 Å². The van der Waals surface area contributed by atoms with Gasteiger partial charge in [0.2, 0.25) is 4.80 Å². The van der Waals surface area contributed by atoms with E-state index in [1.165, 1.54) is 18.5 Å². The molecule has 2 aliphatic carbocycles. The van der Waals surface area contributed by atoms with Crippen molar-refractivity contribution >= 4 is 17.6 Å². The van der Waals surface area contributed by atoms with Gasteiger partial charge in [0, 0.05) is 23.6 Å². The van der Waals surface area contributed by atoms with E-state index in [2.05, 4.69) is 49.5 Å². The Labute approximate surface area is 118 Å². The fraction of sp³-hybridized carbons (Fsp3) is 0.600. The standard InChI is InChI=1S/C15H21N3S/c1-10(2)17-15-18(11(3)9-19-15)16-8-14-7-12-4-5-13(14)6-12/h4-5,8-10,12-14H,6-7H2,1-3H3/b16-8+,17-15?. The Morgan fingerprint density at radius 3 is 2.84 bits per heavy atom. The van der Waals surface area contributed by atoms with E-state index in [1.807, 2.05) is 4.68 Å². The second kappa shape index (κ2) is 5.08. The normalized spacial score (nSPS) is 30.3. The Bertz CT molecular complexity index is 576. The van der Waals surface area contributed by atoms with E-state index in [-0.39, 0.29) is 0 Å². The average molecular weight is 275 g/mol. The molecule has 0 spiro atoms. The highest BCUT2D eigenvalue weighted by atomic mass is 32.1. The molecule has 3 atom stereocenters. The van der Waals surface area contributed by atoms with Gasteiger partial charge in [-0.2, -0.15) is 5.10 Å². The minimum Gasteiger partial charge on any atom is -0.255 e. The fourth-order valence-corrected chi connectivity index (χ4v) is 3.92. The lowest BCUT2D eigenvalue weighted by Gasteiger charge is -2.12. The predicted molar refractivity (Wildman–Crippen MR) is 80.5 cm³/mol. The van der Waals surface area contributed by atoms with Crippen LogP contribution in [0.1, 0.15) is 32.4 Å². The molecule has 0 amide bonds. The molecule has 2 bridgehead atoms. The summed E-state index contributed by atoms with van der Waals surface area (Å²) >= 11 is 1.67. The lowest BCUT2D eigenvalue weighted by molar-refractivity contribution is 0.588. The van der Waals surface area contributed by atoms with Gasteiger partial charge in [-0.15, -0.1) is 11.3 Å². The fourth-order valence-electron chi connectivity index (χ4n) is 2.98. The zero-order chi connectivity index (χ0) is 13.4. The molecule has 2 aliphatic rings. The summed E-state index contributed by atoms with van der Waals surface area (Å²) in [6, 6.07) is 0.310. The summed E-state index contributed by atoms with van der Waals surface area (Å²) in [5, 5.41) is 6.82. The number of aryl methyl sites for hydroxylation is 1. The number of thiazole rings is 1. The van der Waals surface area contributed by atoms with Gasteiger partial charge in [-0.3, -0.25) is 4.99 Å². The smallest absolute Gasteiger partial charge is 0.206 e. The van der Waals surface area contributed by atoms with Crippen molar-refractivity contribution in [3.05, 3.63) is 28.0 Å². The van der Waals surface area contributed by atoms with Crippen LogP contribution >= 0.6 is 11.3 Å². The molecule has 0 aromatic carbocycles. The van der Waals surface area contributed by atoms with Gasteiger partial charge in [0.05, 0.1) is 5.69 Å². The molecule has 0 saturated heterocycles. The minimum absolute atomic E-state index is 0.310. The first kappa shape index (κ1) is 12.9. The van der Waals surface area contributed by atoms with E-state index in [4.69, 9.17) is 5.10 Å². The van der Waals surface area contributed by atoms with E-state index in [0.29, 0.717) is 12.0 Å². The highest BCUT2D eigenvalue weighted by molar-refractivity contribution is 7.07. The molecule has 1 heterocycles. The number of hydrogen-bond donors (Lipinski definition) is 0. The maximum absolute atomic E-state index is 4.69. The first-order chi connectivity index (χ1) is 9.13. The molecule has 1 aromatic rings. The topological polar surface area (TPSA) is 29.6 Å². The van der Waals surface area contributed by atoms with Crippen molar-refractivity contribution in [1.82, 2.24) is 4.68 Å². The lowest BCUT2D eigenvalue weighted by atomic mass is 9.95. The quantitative estimate of drug-likeness (QED) is 0.599. The Kier molecular flexibility index (Phi) is 3.44. The van der Waals surface area contributed by atoms with Crippen LogP contribution in [0.25, 0.3) is 0 Å². The number of allylic oxidation sites excluding steroid dienone is 2. The first-order valence-electron chi connectivity index (χ1n) is 7.07. The summed E-state index contributed by atoms with van der Waals surface area (Å²) in [6.45, 7) is 6.29. The summed E-state index contributed by atoms with van der Waals surface area (Å²) in [7, 11) is 0. The molecular formula is C15H21N3S. The van der Waals surface area contributed by atoms with Crippen molar-refractivity contribution in [3.63, 3.8) is 0 Å². The number of hydrogen-bond acceptors (Lipinski definition) is 3. The molecule has 4 heteroatoms. The SMILES string of the molecule is Cc1csc(=NC(C)C)n1/N=C/C1CC2C=CC1C2. The molecule has 3 unspecified atom stereocenters. The number of rotatable bonds is 3. The van der Waals surface area contributed by atoms with Crippen LogP contribution in [-0.4, -0.2) is 16.9 Å². The van der Waals surface area contributed by atoms with E-state index >= 15 is 0 Å². The van der Waals surface area contributed by atoms with E-state index in [0.717, 1.165) is 16.6 Å². The van der Waals surface area contributed by atoms with Crippen LogP contribution in [0.5, 0.6) is 0 Å². The van der Waals surface area contributed by atoms with Crippen molar-refractivity contribution in [2.75, 3.05) is 0 Å². The third kappa shape index (κ3) is 2.59. The third-order valence-electron chi connectivity index (χ3n) is 3.92. The van der Waals surface area contributed by atoms with Crippen LogP contribution in [0.3, 0.4) is 0 Å². The molecule has 3 nitrogen and oxygen atoms in total. The molecule has 3 rings (SSSR count). The molecule has 0 N–H and O–H groups in total. The van der Waals surface area contributed by atoms with E-state index in [9.17, 15) is 0 Å². The van der Waals surface area contributed by atoms with Gasteiger partial charge in [0.1, 0.15) is 0 Å². The number of fused-ring (bicyclic) bond motifs is 2. The monoisotopic (exact) mass is 275 g/mol. The predicted octanol–water partition coefficient (Wildman–Crippen LogP) is 3.21. The van der Waals surface area contributed by atoms with Crippen LogP contribution in [0.15, 0.2) is 27.6 Å². The summed E-state index contributed by atoms with van der Waals surface area (Å²) in [5.41, 5.74) is 1.17. The average Bonchev–Trinajstić information content (AvgIpc) is 3.03. The molecular weight excluding hydrogens is 254 g/mol. The van der Waals surface area contributed by atoms with Crippen LogP contribution in [0.2, 0.25) is 0 Å². The van der Waals surface area contributed by atoms with E-state index in [1.54, 1.807) is 11.3 Å². The van der Waals surface area contributed by atoms with Gasteiger partial charge >= 0.3 is 0 Å². The van der Waals surface area contributed by atoms with Gasteiger partial charge in [-0.1, -0.05) is 12.2 Å². The largest absolute Gasteiger partial charge is 0.255 e. The maximum Gasteiger partial charge on any atom is 0.206 e. The third-order valence-corrected chi connectivity index (χ3v) is 4.87. The van der Waals surface area contributed by atoms with Crippen molar-refractivity contribution in [2.45, 2.75) is 39.7 Å². The van der Waals surface area contributed by atoms with Crippen LogP contribution in [0.4, 0.5) is 0 Å². The van der Waals surface area contributed by atoms with Gasteiger partial charge < -0.3 is 0 Å². The lowest BCUT2D eigenvalue weighted by Crippen LogP contribution is -2.16.